The fourth-order valence-electron chi connectivity index (χ4n) is 3.57. The van der Waals surface area contributed by atoms with Crippen LogP contribution < -0.4 is 5.32 Å². The molecule has 0 bridgehead atoms. The average Bonchev–Trinajstić information content (AvgIpc) is 3.11. The molecule has 1 amide bonds. The first kappa shape index (κ1) is 21.2. The number of nitrogens with zero attached hydrogens (tertiary/aromatic N) is 3. The topological polar surface area (TPSA) is 59.8 Å². The Labute approximate surface area is 164 Å². The summed E-state index contributed by atoms with van der Waals surface area (Å²) in [5.74, 6) is -0.394. The van der Waals surface area contributed by atoms with E-state index in [-0.39, 0.29) is 11.7 Å². The molecule has 0 radical (unpaired) electrons. The maximum atomic E-state index is 13.4. The lowest BCUT2D eigenvalue weighted by molar-refractivity contribution is -0.141. The van der Waals surface area contributed by atoms with Crippen molar-refractivity contribution < 1.29 is 26.7 Å². The lowest BCUT2D eigenvalue weighted by Gasteiger charge is -2.27. The quantitative estimate of drug-likeness (QED) is 0.643. The summed E-state index contributed by atoms with van der Waals surface area (Å²) in [6, 6.07) is 2.80. The van der Waals surface area contributed by atoms with E-state index in [4.69, 9.17) is 0 Å². The minimum Gasteiger partial charge on any atom is -0.318 e. The number of rotatable bonds is 5. The highest BCUT2D eigenvalue weighted by atomic mass is 19.4. The molecule has 2 aromatic heterocycles. The van der Waals surface area contributed by atoms with Crippen molar-refractivity contribution in [3.05, 3.63) is 41.5 Å². The molecule has 1 aliphatic carbocycles. The summed E-state index contributed by atoms with van der Waals surface area (Å²) in [4.78, 5) is 15.6. The predicted octanol–water partition coefficient (Wildman–Crippen LogP) is 5.63. The number of halogens is 5. The third kappa shape index (κ3) is 4.91. The van der Waals surface area contributed by atoms with Crippen LogP contribution in [0.25, 0.3) is 0 Å². The molecule has 2 heterocycles. The van der Waals surface area contributed by atoms with E-state index in [1.807, 2.05) is 0 Å². The van der Waals surface area contributed by atoms with Gasteiger partial charge in [-0.15, -0.1) is 0 Å². The molecule has 29 heavy (non-hydrogen) atoms. The molecule has 0 atom stereocenters. The molecule has 0 aliphatic heterocycles. The molecule has 0 saturated heterocycles. The highest BCUT2D eigenvalue weighted by Crippen LogP contribution is 2.36. The Morgan fingerprint density at radius 2 is 1.93 bits per heavy atom. The van der Waals surface area contributed by atoms with Crippen LogP contribution in [0.5, 0.6) is 0 Å². The van der Waals surface area contributed by atoms with Gasteiger partial charge in [0, 0.05) is 6.20 Å². The first-order valence-corrected chi connectivity index (χ1v) is 9.41. The van der Waals surface area contributed by atoms with E-state index in [2.05, 4.69) is 22.3 Å². The third-order valence-electron chi connectivity index (χ3n) is 5.26. The molecular formula is C19H21F5N4O. The molecule has 2 aromatic rings. The normalized spacial score (nSPS) is 20.1. The maximum absolute atomic E-state index is 13.4. The van der Waals surface area contributed by atoms with E-state index in [1.54, 1.807) is 0 Å². The van der Waals surface area contributed by atoms with Gasteiger partial charge >= 0.3 is 6.18 Å². The predicted molar refractivity (Wildman–Crippen MR) is 95.7 cm³/mol. The Hall–Kier alpha value is -2.52. The number of nitrogens with one attached hydrogen (secondary N) is 1. The lowest BCUT2D eigenvalue weighted by Crippen LogP contribution is -2.18. The van der Waals surface area contributed by atoms with E-state index in [9.17, 15) is 26.7 Å². The van der Waals surface area contributed by atoms with E-state index in [1.165, 1.54) is 10.9 Å². The van der Waals surface area contributed by atoms with Gasteiger partial charge in [0.15, 0.2) is 5.69 Å². The maximum Gasteiger partial charge on any atom is 0.433 e. The second kappa shape index (κ2) is 8.46. The number of pyridine rings is 1. The van der Waals surface area contributed by atoms with Crippen LogP contribution in [-0.2, 0) is 6.18 Å². The number of hydrogen-bond acceptors (Lipinski definition) is 3. The molecule has 10 heteroatoms. The van der Waals surface area contributed by atoms with Gasteiger partial charge in [-0.1, -0.05) is 19.4 Å². The van der Waals surface area contributed by atoms with Crippen LogP contribution in [0, 0.1) is 5.92 Å². The Morgan fingerprint density at radius 1 is 1.24 bits per heavy atom. The first-order valence-electron chi connectivity index (χ1n) is 9.41. The van der Waals surface area contributed by atoms with Gasteiger partial charge in [-0.3, -0.25) is 9.48 Å². The molecule has 158 valence electrons. The van der Waals surface area contributed by atoms with Crippen LogP contribution in [0.3, 0.4) is 0 Å². The van der Waals surface area contributed by atoms with Gasteiger partial charge < -0.3 is 5.32 Å². The smallest absolute Gasteiger partial charge is 0.318 e. The molecule has 3 rings (SSSR count). The zero-order valence-electron chi connectivity index (χ0n) is 15.7. The van der Waals surface area contributed by atoms with Crippen molar-refractivity contribution in [3.8, 4) is 0 Å². The SMILES string of the molecule is CC[C@H]1CC[C@@H](n2cc(NC(=O)c3cccc(C(F)(F)F)n3)c(C(F)F)n2)CC1. The molecule has 0 spiro atoms. The zero-order valence-corrected chi connectivity index (χ0v) is 15.7. The number of amides is 1. The molecule has 0 unspecified atom stereocenters. The largest absolute Gasteiger partial charge is 0.433 e. The van der Waals surface area contributed by atoms with Gasteiger partial charge in [0.05, 0.1) is 11.7 Å². The minimum absolute atomic E-state index is 0.0485. The number of aromatic nitrogens is 3. The fraction of sp³-hybridized carbons (Fsp3) is 0.526. The highest BCUT2D eigenvalue weighted by molar-refractivity contribution is 6.03. The number of carbonyl (C=O) groups excluding carboxylic acids is 1. The molecule has 1 N–H and O–H groups in total. The second-order valence-corrected chi connectivity index (χ2v) is 7.15. The summed E-state index contributed by atoms with van der Waals surface area (Å²) in [7, 11) is 0. The van der Waals surface area contributed by atoms with Gasteiger partial charge in [0.2, 0.25) is 0 Å². The molecular weight excluding hydrogens is 395 g/mol. The van der Waals surface area contributed by atoms with Crippen LogP contribution >= 0.6 is 0 Å². The second-order valence-electron chi connectivity index (χ2n) is 7.15. The average molecular weight is 416 g/mol. The van der Waals surface area contributed by atoms with Gasteiger partial charge in [0.25, 0.3) is 12.3 Å². The van der Waals surface area contributed by atoms with Crippen molar-refractivity contribution in [2.75, 3.05) is 5.32 Å². The third-order valence-corrected chi connectivity index (χ3v) is 5.26. The van der Waals surface area contributed by atoms with E-state index in [0.29, 0.717) is 5.92 Å². The first-order chi connectivity index (χ1) is 13.7. The van der Waals surface area contributed by atoms with Crippen molar-refractivity contribution in [2.45, 2.75) is 57.7 Å². The Bertz CT molecular complexity index is 857. The lowest BCUT2D eigenvalue weighted by atomic mass is 9.85. The Kier molecular flexibility index (Phi) is 6.18. The van der Waals surface area contributed by atoms with Crippen molar-refractivity contribution in [1.29, 1.82) is 0 Å². The fourth-order valence-corrected chi connectivity index (χ4v) is 3.57. The van der Waals surface area contributed by atoms with E-state index < -0.39 is 35.6 Å². The van der Waals surface area contributed by atoms with Crippen LogP contribution in [0.4, 0.5) is 27.6 Å². The van der Waals surface area contributed by atoms with Crippen molar-refractivity contribution >= 4 is 11.6 Å². The van der Waals surface area contributed by atoms with Crippen LogP contribution in [-0.4, -0.2) is 20.7 Å². The van der Waals surface area contributed by atoms with Gasteiger partial charge in [-0.05, 0) is 43.7 Å². The Balaban J connectivity index is 1.80. The molecule has 1 fully saturated rings. The number of carbonyl (C=O) groups is 1. The van der Waals surface area contributed by atoms with Crippen molar-refractivity contribution in [2.24, 2.45) is 5.92 Å². The number of alkyl halides is 5. The highest BCUT2D eigenvalue weighted by Gasteiger charge is 2.33. The summed E-state index contributed by atoms with van der Waals surface area (Å²) in [6.07, 6.45) is -1.72. The number of anilines is 1. The standard InChI is InChI=1S/C19H21F5N4O/c1-2-11-6-8-12(9-7-11)28-10-14(16(27-28)17(20)21)26-18(29)13-4-3-5-15(25-13)19(22,23)24/h3-5,10-12,17H,2,6-9H2,1H3,(H,26,29)/t11-,12+. The van der Waals surface area contributed by atoms with E-state index in [0.717, 1.165) is 50.3 Å². The molecule has 1 saturated carbocycles. The van der Waals surface area contributed by atoms with Crippen molar-refractivity contribution in [3.63, 3.8) is 0 Å². The summed E-state index contributed by atoms with van der Waals surface area (Å²) in [5.41, 5.74) is -2.58. The molecule has 5 nitrogen and oxygen atoms in total. The zero-order chi connectivity index (χ0) is 21.2. The molecule has 1 aliphatic rings. The summed E-state index contributed by atoms with van der Waals surface area (Å²) in [5, 5.41) is 6.17. The van der Waals surface area contributed by atoms with Gasteiger partial charge in [-0.25, -0.2) is 13.8 Å². The van der Waals surface area contributed by atoms with Crippen LogP contribution in [0.15, 0.2) is 24.4 Å². The van der Waals surface area contributed by atoms with Crippen LogP contribution in [0.1, 0.15) is 73.4 Å². The van der Waals surface area contributed by atoms with E-state index >= 15 is 0 Å². The van der Waals surface area contributed by atoms with Gasteiger partial charge in [-0.2, -0.15) is 18.3 Å². The van der Waals surface area contributed by atoms with Crippen LogP contribution in [0.2, 0.25) is 0 Å². The molecule has 0 aromatic carbocycles. The Morgan fingerprint density at radius 3 is 2.52 bits per heavy atom. The summed E-state index contributed by atoms with van der Waals surface area (Å²) >= 11 is 0. The summed E-state index contributed by atoms with van der Waals surface area (Å²) < 4.78 is 66.6. The number of hydrogen-bond donors (Lipinski definition) is 1. The monoisotopic (exact) mass is 416 g/mol. The van der Waals surface area contributed by atoms with Gasteiger partial charge in [0.1, 0.15) is 11.4 Å². The summed E-state index contributed by atoms with van der Waals surface area (Å²) in [6.45, 7) is 2.11. The van der Waals surface area contributed by atoms with Crippen molar-refractivity contribution in [1.82, 2.24) is 14.8 Å². The minimum atomic E-state index is -4.72.